The first-order valence-corrected chi connectivity index (χ1v) is 4.52. The molecular formula is C10H10N4. The molecule has 0 aromatic carbocycles. The van der Waals surface area contributed by atoms with Gasteiger partial charge < -0.3 is 5.32 Å². The van der Waals surface area contributed by atoms with Crippen LogP contribution in [0.15, 0.2) is 24.5 Å². The van der Waals surface area contributed by atoms with Crippen LogP contribution in [0.4, 0.5) is 5.82 Å². The Morgan fingerprint density at radius 2 is 2.14 bits per heavy atom. The van der Waals surface area contributed by atoms with Gasteiger partial charge in [-0.1, -0.05) is 12.2 Å². The number of hydrogen-bond donors (Lipinski definition) is 1. The Hall–Kier alpha value is -1.89. The SMILES string of the molecule is N#Cc1cncc(NC2CC=CC2)n1. The van der Waals surface area contributed by atoms with E-state index in [1.54, 1.807) is 6.20 Å². The Balaban J connectivity index is 2.06. The summed E-state index contributed by atoms with van der Waals surface area (Å²) in [4.78, 5) is 8.02. The van der Waals surface area contributed by atoms with Crippen molar-refractivity contribution in [3.63, 3.8) is 0 Å². The number of nitriles is 1. The third-order valence-electron chi connectivity index (χ3n) is 2.11. The summed E-state index contributed by atoms with van der Waals surface area (Å²) in [5.41, 5.74) is 0.348. The molecule has 1 aromatic heterocycles. The molecule has 0 aliphatic heterocycles. The number of rotatable bonds is 2. The molecule has 0 spiro atoms. The number of nitrogens with zero attached hydrogens (tertiary/aromatic N) is 3. The molecule has 4 heteroatoms. The monoisotopic (exact) mass is 186 g/mol. The topological polar surface area (TPSA) is 61.6 Å². The molecule has 0 saturated carbocycles. The molecule has 1 aliphatic carbocycles. The van der Waals surface area contributed by atoms with Gasteiger partial charge in [0.05, 0.1) is 12.4 Å². The van der Waals surface area contributed by atoms with E-state index < -0.39 is 0 Å². The third-order valence-corrected chi connectivity index (χ3v) is 2.11. The summed E-state index contributed by atoms with van der Waals surface area (Å²) < 4.78 is 0. The minimum atomic E-state index is 0.348. The lowest BCUT2D eigenvalue weighted by Gasteiger charge is -2.11. The van der Waals surface area contributed by atoms with Crippen molar-refractivity contribution in [2.75, 3.05) is 5.32 Å². The third kappa shape index (κ3) is 1.88. The van der Waals surface area contributed by atoms with E-state index in [1.807, 2.05) is 6.07 Å². The smallest absolute Gasteiger partial charge is 0.161 e. The molecule has 70 valence electrons. The Bertz CT molecular complexity index is 383. The van der Waals surface area contributed by atoms with Crippen LogP contribution in [0, 0.1) is 11.3 Å². The Morgan fingerprint density at radius 1 is 1.36 bits per heavy atom. The van der Waals surface area contributed by atoms with Crippen LogP contribution in [-0.2, 0) is 0 Å². The van der Waals surface area contributed by atoms with E-state index in [4.69, 9.17) is 5.26 Å². The lowest BCUT2D eigenvalue weighted by atomic mass is 10.2. The highest BCUT2D eigenvalue weighted by Crippen LogP contribution is 2.14. The van der Waals surface area contributed by atoms with Crippen molar-refractivity contribution in [1.29, 1.82) is 5.26 Å². The lowest BCUT2D eigenvalue weighted by molar-refractivity contribution is 0.779. The average molecular weight is 186 g/mol. The molecule has 2 rings (SSSR count). The number of nitrogens with one attached hydrogen (secondary N) is 1. The largest absolute Gasteiger partial charge is 0.365 e. The second-order valence-electron chi connectivity index (χ2n) is 3.19. The van der Waals surface area contributed by atoms with Gasteiger partial charge in [0.15, 0.2) is 5.69 Å². The molecule has 0 unspecified atom stereocenters. The molecule has 1 heterocycles. The van der Waals surface area contributed by atoms with Gasteiger partial charge in [0.2, 0.25) is 0 Å². The van der Waals surface area contributed by atoms with Crippen LogP contribution in [-0.4, -0.2) is 16.0 Å². The van der Waals surface area contributed by atoms with Crippen LogP contribution in [0.2, 0.25) is 0 Å². The molecule has 0 saturated heterocycles. The van der Waals surface area contributed by atoms with Crippen molar-refractivity contribution >= 4 is 5.82 Å². The van der Waals surface area contributed by atoms with Crippen LogP contribution >= 0.6 is 0 Å². The summed E-state index contributed by atoms with van der Waals surface area (Å²) in [5.74, 6) is 0.678. The van der Waals surface area contributed by atoms with E-state index in [2.05, 4.69) is 27.4 Å². The van der Waals surface area contributed by atoms with Gasteiger partial charge in [-0.2, -0.15) is 5.26 Å². The first kappa shape index (κ1) is 8.70. The van der Waals surface area contributed by atoms with Gasteiger partial charge in [0.25, 0.3) is 0 Å². The van der Waals surface area contributed by atoms with Gasteiger partial charge in [-0.05, 0) is 12.8 Å². The normalized spacial score (nSPS) is 15.4. The molecule has 0 atom stereocenters. The fraction of sp³-hybridized carbons (Fsp3) is 0.300. The van der Waals surface area contributed by atoms with Gasteiger partial charge in [-0.3, -0.25) is 4.98 Å². The molecule has 1 N–H and O–H groups in total. The molecule has 14 heavy (non-hydrogen) atoms. The van der Waals surface area contributed by atoms with Crippen LogP contribution in [0.3, 0.4) is 0 Å². The van der Waals surface area contributed by atoms with Gasteiger partial charge in [-0.25, -0.2) is 4.98 Å². The maximum Gasteiger partial charge on any atom is 0.161 e. The van der Waals surface area contributed by atoms with Gasteiger partial charge in [-0.15, -0.1) is 0 Å². The van der Waals surface area contributed by atoms with Crippen molar-refractivity contribution in [3.05, 3.63) is 30.2 Å². The fourth-order valence-electron chi connectivity index (χ4n) is 1.43. The molecule has 0 amide bonds. The Kier molecular flexibility index (Phi) is 2.41. The van der Waals surface area contributed by atoms with Crippen LogP contribution in [0.5, 0.6) is 0 Å². The summed E-state index contributed by atoms with van der Waals surface area (Å²) in [6.07, 6.45) is 9.40. The van der Waals surface area contributed by atoms with E-state index in [9.17, 15) is 0 Å². The predicted octanol–water partition coefficient (Wildman–Crippen LogP) is 1.48. The first-order chi connectivity index (χ1) is 6.88. The lowest BCUT2D eigenvalue weighted by Crippen LogP contribution is -2.16. The molecule has 0 radical (unpaired) electrons. The minimum Gasteiger partial charge on any atom is -0.365 e. The summed E-state index contributed by atoms with van der Waals surface area (Å²) in [7, 11) is 0. The minimum absolute atomic E-state index is 0.348. The van der Waals surface area contributed by atoms with Crippen LogP contribution < -0.4 is 5.32 Å². The number of aromatic nitrogens is 2. The number of anilines is 1. The molecule has 1 aromatic rings. The van der Waals surface area contributed by atoms with Crippen molar-refractivity contribution in [3.8, 4) is 6.07 Å². The van der Waals surface area contributed by atoms with Gasteiger partial charge in [0.1, 0.15) is 11.9 Å². The summed E-state index contributed by atoms with van der Waals surface area (Å²) >= 11 is 0. The predicted molar refractivity (Wildman–Crippen MR) is 52.5 cm³/mol. The second kappa shape index (κ2) is 3.88. The average Bonchev–Trinajstić information content (AvgIpc) is 2.71. The van der Waals surface area contributed by atoms with E-state index in [-0.39, 0.29) is 0 Å². The van der Waals surface area contributed by atoms with Crippen molar-refractivity contribution in [1.82, 2.24) is 9.97 Å². The van der Waals surface area contributed by atoms with Crippen molar-refractivity contribution in [2.24, 2.45) is 0 Å². The Morgan fingerprint density at radius 3 is 2.86 bits per heavy atom. The number of hydrogen-bond acceptors (Lipinski definition) is 4. The zero-order chi connectivity index (χ0) is 9.80. The summed E-state index contributed by atoms with van der Waals surface area (Å²) in [6.45, 7) is 0. The van der Waals surface area contributed by atoms with E-state index in [1.165, 1.54) is 6.20 Å². The molecular weight excluding hydrogens is 176 g/mol. The van der Waals surface area contributed by atoms with Crippen LogP contribution in [0.25, 0.3) is 0 Å². The summed E-state index contributed by atoms with van der Waals surface area (Å²) in [5, 5.41) is 11.9. The van der Waals surface area contributed by atoms with E-state index in [0.717, 1.165) is 12.8 Å². The molecule has 1 aliphatic rings. The first-order valence-electron chi connectivity index (χ1n) is 4.52. The van der Waals surface area contributed by atoms with Crippen LogP contribution in [0.1, 0.15) is 18.5 Å². The van der Waals surface area contributed by atoms with Crippen molar-refractivity contribution in [2.45, 2.75) is 18.9 Å². The van der Waals surface area contributed by atoms with Gasteiger partial charge >= 0.3 is 0 Å². The Labute approximate surface area is 82.3 Å². The molecule has 0 fully saturated rings. The maximum absolute atomic E-state index is 8.63. The quantitative estimate of drug-likeness (QED) is 0.710. The van der Waals surface area contributed by atoms with Crippen molar-refractivity contribution < 1.29 is 0 Å². The zero-order valence-electron chi connectivity index (χ0n) is 7.64. The highest BCUT2D eigenvalue weighted by Gasteiger charge is 2.10. The highest BCUT2D eigenvalue weighted by atomic mass is 15.0. The maximum atomic E-state index is 8.63. The van der Waals surface area contributed by atoms with E-state index >= 15 is 0 Å². The second-order valence-corrected chi connectivity index (χ2v) is 3.19. The summed E-state index contributed by atoms with van der Waals surface area (Å²) in [6, 6.07) is 2.36. The van der Waals surface area contributed by atoms with E-state index in [0.29, 0.717) is 17.6 Å². The standard InChI is InChI=1S/C10H10N4/c11-5-9-6-12-7-10(14-9)13-8-3-1-2-4-8/h1-2,6-8H,3-4H2,(H,13,14). The fourth-order valence-corrected chi connectivity index (χ4v) is 1.43. The zero-order valence-corrected chi connectivity index (χ0v) is 7.64. The van der Waals surface area contributed by atoms with Gasteiger partial charge in [0, 0.05) is 6.04 Å². The molecule has 4 nitrogen and oxygen atoms in total. The highest BCUT2D eigenvalue weighted by molar-refractivity contribution is 5.36. The molecule has 0 bridgehead atoms.